The molecule has 0 aliphatic rings. The van der Waals surface area contributed by atoms with Gasteiger partial charge in [-0.05, 0) is 47.9 Å². The van der Waals surface area contributed by atoms with E-state index in [-0.39, 0.29) is 30.7 Å². The summed E-state index contributed by atoms with van der Waals surface area (Å²) in [4.78, 5) is 37.5. The second-order valence-corrected chi connectivity index (χ2v) is 8.34. The number of amides is 1. The van der Waals surface area contributed by atoms with Crippen molar-refractivity contribution in [3.05, 3.63) is 77.8 Å². The molecule has 0 bridgehead atoms. The summed E-state index contributed by atoms with van der Waals surface area (Å²) in [5.41, 5.74) is 1.55. The van der Waals surface area contributed by atoms with E-state index in [0.29, 0.717) is 9.20 Å². The molecule has 0 radical (unpaired) electrons. The minimum absolute atomic E-state index is 0.185. The van der Waals surface area contributed by atoms with Crippen LogP contribution in [0.2, 0.25) is 0 Å². The molecule has 0 aliphatic heterocycles. The van der Waals surface area contributed by atoms with Crippen LogP contribution in [-0.4, -0.2) is 23.1 Å². The Morgan fingerprint density at radius 1 is 1.23 bits per heavy atom. The summed E-state index contributed by atoms with van der Waals surface area (Å²) in [5, 5.41) is 6.74. The lowest BCUT2D eigenvalue weighted by Gasteiger charge is -2.14. The van der Waals surface area contributed by atoms with E-state index in [1.807, 2.05) is 54.1 Å². The molecule has 30 heavy (non-hydrogen) atoms. The fourth-order valence-corrected chi connectivity index (χ4v) is 4.49. The fourth-order valence-electron chi connectivity index (χ4n) is 2.84. The Bertz CT molecular complexity index is 1180. The van der Waals surface area contributed by atoms with Gasteiger partial charge in [-0.15, -0.1) is 11.3 Å². The van der Waals surface area contributed by atoms with Gasteiger partial charge >= 0.3 is 5.97 Å². The van der Waals surface area contributed by atoms with Crippen molar-refractivity contribution in [2.24, 2.45) is 0 Å². The molecular weight excluding hydrogens is 420 g/mol. The Balaban J connectivity index is 1.92. The Labute approximate surface area is 181 Å². The van der Waals surface area contributed by atoms with Gasteiger partial charge in [0.05, 0.1) is 23.3 Å². The molecule has 6 nitrogen and oxygen atoms in total. The number of hydrogen-bond donors (Lipinski definition) is 1. The second kappa shape index (κ2) is 10.2. The lowest BCUT2D eigenvalue weighted by atomic mass is 10.1. The van der Waals surface area contributed by atoms with E-state index < -0.39 is 5.97 Å². The molecule has 0 aliphatic carbocycles. The molecule has 0 saturated heterocycles. The number of nitrogens with one attached hydrogen (secondary N) is 1. The average molecular weight is 443 g/mol. The van der Waals surface area contributed by atoms with Crippen LogP contribution in [0.15, 0.2) is 52.0 Å². The predicted octanol–water partition coefficient (Wildman–Crippen LogP) is 2.02. The number of esters is 1. The molecule has 0 saturated carbocycles. The van der Waals surface area contributed by atoms with E-state index in [9.17, 15) is 14.4 Å². The number of thiophene rings is 1. The molecule has 1 atom stereocenters. The van der Waals surface area contributed by atoms with Crippen LogP contribution >= 0.6 is 22.7 Å². The minimum atomic E-state index is -0.548. The molecule has 156 valence electrons. The first kappa shape index (κ1) is 21.7. The Morgan fingerprint density at radius 3 is 2.67 bits per heavy atom. The number of thiazole rings is 1. The first-order valence-electron chi connectivity index (χ1n) is 9.44. The van der Waals surface area contributed by atoms with Crippen LogP contribution in [-0.2, 0) is 20.9 Å². The van der Waals surface area contributed by atoms with Gasteiger partial charge in [-0.2, -0.15) is 11.3 Å². The Morgan fingerprint density at radius 2 is 2.00 bits per heavy atom. The third-order valence-corrected chi connectivity index (χ3v) is 6.05. The quantitative estimate of drug-likeness (QED) is 0.568. The van der Waals surface area contributed by atoms with E-state index in [4.69, 9.17) is 4.74 Å². The van der Waals surface area contributed by atoms with Crippen molar-refractivity contribution in [2.45, 2.75) is 26.4 Å². The third kappa shape index (κ3) is 5.55. The van der Waals surface area contributed by atoms with Crippen LogP contribution in [0.25, 0.3) is 12.2 Å². The fraction of sp³-hybridized carbons (Fsp3) is 0.227. The number of hydrogen-bond acceptors (Lipinski definition) is 6. The van der Waals surface area contributed by atoms with Gasteiger partial charge in [-0.3, -0.25) is 14.2 Å². The molecule has 1 amide bonds. The highest BCUT2D eigenvalue weighted by Crippen LogP contribution is 2.10. The number of carbonyl (C=O) groups excluding carboxylic acids is 2. The number of benzene rings is 1. The number of aromatic nitrogens is 1. The summed E-state index contributed by atoms with van der Waals surface area (Å²) in [7, 11) is 0. The molecule has 0 fully saturated rings. The second-order valence-electron chi connectivity index (χ2n) is 6.49. The van der Waals surface area contributed by atoms with Crippen molar-refractivity contribution in [1.82, 2.24) is 9.88 Å². The largest absolute Gasteiger partial charge is 0.463 e. The molecule has 0 spiro atoms. The van der Waals surface area contributed by atoms with Crippen molar-refractivity contribution < 1.29 is 14.3 Å². The zero-order valence-electron chi connectivity index (χ0n) is 16.7. The zero-order chi connectivity index (χ0) is 21.5. The average Bonchev–Trinajstić information content (AvgIpc) is 3.33. The first-order chi connectivity index (χ1) is 14.5. The van der Waals surface area contributed by atoms with E-state index in [1.54, 1.807) is 13.0 Å². The van der Waals surface area contributed by atoms with Gasteiger partial charge in [0.2, 0.25) is 5.91 Å². The lowest BCUT2D eigenvalue weighted by Crippen LogP contribution is -2.39. The van der Waals surface area contributed by atoms with Crippen molar-refractivity contribution in [1.29, 1.82) is 0 Å². The van der Waals surface area contributed by atoms with Crippen molar-refractivity contribution in [3.8, 4) is 0 Å². The highest BCUT2D eigenvalue weighted by molar-refractivity contribution is 7.08. The van der Waals surface area contributed by atoms with Crippen molar-refractivity contribution in [3.63, 3.8) is 0 Å². The van der Waals surface area contributed by atoms with Gasteiger partial charge in [0, 0.05) is 0 Å². The smallest absolute Gasteiger partial charge is 0.333 e. The molecule has 3 aromatic rings. The maximum Gasteiger partial charge on any atom is 0.333 e. The van der Waals surface area contributed by atoms with Crippen LogP contribution in [0.3, 0.4) is 0 Å². The van der Waals surface area contributed by atoms with Gasteiger partial charge in [-0.25, -0.2) is 4.79 Å². The topological polar surface area (TPSA) is 77.4 Å². The summed E-state index contributed by atoms with van der Waals surface area (Å²) in [6.07, 6.45) is 3.02. The molecule has 2 aromatic heterocycles. The maximum atomic E-state index is 12.9. The molecule has 8 heteroatoms. The van der Waals surface area contributed by atoms with Crippen LogP contribution in [0.5, 0.6) is 0 Å². The van der Waals surface area contributed by atoms with Gasteiger partial charge in [0.1, 0.15) is 11.2 Å². The summed E-state index contributed by atoms with van der Waals surface area (Å²) in [5.74, 6) is -0.862. The Hall–Kier alpha value is -2.97. The number of carbonyl (C=O) groups is 2. The zero-order valence-corrected chi connectivity index (χ0v) is 18.3. The molecule has 2 heterocycles. The van der Waals surface area contributed by atoms with Gasteiger partial charge in [0.15, 0.2) is 0 Å². The van der Waals surface area contributed by atoms with Crippen LogP contribution in [0.4, 0.5) is 0 Å². The number of rotatable bonds is 7. The van der Waals surface area contributed by atoms with Gasteiger partial charge in [-0.1, -0.05) is 30.3 Å². The highest BCUT2D eigenvalue weighted by Gasteiger charge is 2.14. The van der Waals surface area contributed by atoms with E-state index in [2.05, 4.69) is 5.32 Å². The summed E-state index contributed by atoms with van der Waals surface area (Å²) in [6, 6.07) is 11.3. The van der Waals surface area contributed by atoms with E-state index in [1.165, 1.54) is 22.0 Å². The summed E-state index contributed by atoms with van der Waals surface area (Å²) >= 11 is 2.69. The first-order valence-corrected chi connectivity index (χ1v) is 11.2. The molecular formula is C22H22N2O4S2. The predicted molar refractivity (Wildman–Crippen MR) is 120 cm³/mol. The molecule has 1 unspecified atom stereocenters. The van der Waals surface area contributed by atoms with E-state index >= 15 is 0 Å². The van der Waals surface area contributed by atoms with Crippen LogP contribution in [0.1, 0.15) is 31.0 Å². The highest BCUT2D eigenvalue weighted by atomic mass is 32.1. The molecule has 1 N–H and O–H groups in total. The van der Waals surface area contributed by atoms with Crippen molar-refractivity contribution in [2.75, 3.05) is 6.61 Å². The number of nitrogens with zero attached hydrogens (tertiary/aromatic N) is 1. The molecule has 3 rings (SSSR count). The SMILES string of the molecule is CCOC(=O)/C=c1/s/c(=C/c2ccsc2)c(=O)n1CC(=O)NC(C)c1ccccc1. The maximum absolute atomic E-state index is 12.9. The standard InChI is InChI=1S/C22H22N2O4S2/c1-3-28-21(26)12-20-24(22(27)18(30-20)11-16-9-10-29-14-16)13-19(25)23-15(2)17-7-5-4-6-8-17/h4-12,14-15H,3,13H2,1-2H3,(H,23,25)/b18-11+,20-12+. The number of ether oxygens (including phenoxy) is 1. The normalized spacial score (nSPS) is 13.3. The van der Waals surface area contributed by atoms with Gasteiger partial charge < -0.3 is 10.1 Å². The van der Waals surface area contributed by atoms with Crippen LogP contribution < -0.4 is 20.1 Å². The lowest BCUT2D eigenvalue weighted by molar-refractivity contribution is -0.135. The van der Waals surface area contributed by atoms with Crippen LogP contribution in [0, 0.1) is 0 Å². The summed E-state index contributed by atoms with van der Waals surface area (Å²) in [6.45, 7) is 3.63. The third-order valence-electron chi connectivity index (χ3n) is 4.28. The monoisotopic (exact) mass is 442 g/mol. The summed E-state index contributed by atoms with van der Waals surface area (Å²) < 4.78 is 7.11. The van der Waals surface area contributed by atoms with Gasteiger partial charge in [0.25, 0.3) is 5.56 Å². The van der Waals surface area contributed by atoms with Crippen molar-refractivity contribution >= 4 is 46.7 Å². The Kier molecular flexibility index (Phi) is 7.37. The van der Waals surface area contributed by atoms with E-state index in [0.717, 1.165) is 22.5 Å². The molecule has 1 aromatic carbocycles. The minimum Gasteiger partial charge on any atom is -0.463 e.